The van der Waals surface area contributed by atoms with Crippen LogP contribution in [0.5, 0.6) is 0 Å². The van der Waals surface area contributed by atoms with Crippen LogP contribution in [0.2, 0.25) is 0 Å². The molecule has 0 aliphatic rings. The van der Waals surface area contributed by atoms with Crippen LogP contribution in [0, 0.1) is 0 Å². The first-order valence-electron chi connectivity index (χ1n) is 2.50. The minimum Gasteiger partial charge on any atom is -0.689 e. The smallest absolute Gasteiger partial charge is 0.689 e. The van der Waals surface area contributed by atoms with Crippen LogP contribution in [0.25, 0.3) is 0 Å². The fourth-order valence-electron chi connectivity index (χ4n) is 0.136. The molecule has 0 amide bonds. The van der Waals surface area contributed by atoms with E-state index in [2.05, 4.69) is 70.5 Å². The molecule has 18 heavy (non-hydrogen) atoms. The predicted octanol–water partition coefficient (Wildman–Crippen LogP) is -9.33. The first kappa shape index (κ1) is 23.6. The van der Waals surface area contributed by atoms with Crippen molar-refractivity contribution in [2.24, 2.45) is 0 Å². The standard InChI is InChI=1S/2Li.H2O16/c;;1-3-5-7-9-11-13-15-16-14-12-10-8-6-4-2/h;;1-2H/q2*+1;/p-2. The van der Waals surface area contributed by atoms with E-state index in [4.69, 9.17) is 10.5 Å². The Morgan fingerprint density at radius 1 is 0.333 bits per heavy atom. The van der Waals surface area contributed by atoms with Crippen molar-refractivity contribution < 1.29 is 119 Å². The van der Waals surface area contributed by atoms with E-state index >= 15 is 0 Å². The largest absolute Gasteiger partial charge is 1.00 e. The van der Waals surface area contributed by atoms with Crippen molar-refractivity contribution in [3.05, 3.63) is 0 Å². The summed E-state index contributed by atoms with van der Waals surface area (Å²) in [6.45, 7) is 0. The monoisotopic (exact) mass is 270 g/mol. The van der Waals surface area contributed by atoms with E-state index in [1.165, 1.54) is 0 Å². The van der Waals surface area contributed by atoms with Crippen LogP contribution in [0.3, 0.4) is 0 Å². The number of hydrogen-bond donors (Lipinski definition) is 0. The molecule has 0 bridgehead atoms. The molecule has 0 unspecified atom stereocenters. The molecule has 0 aromatic heterocycles. The minimum atomic E-state index is 0. The molecule has 16 nitrogen and oxygen atoms in total. The van der Waals surface area contributed by atoms with Crippen LogP contribution in [-0.2, 0) is 70.5 Å². The average molecular weight is 270 g/mol. The fourth-order valence-corrected chi connectivity index (χ4v) is 0.136. The molecule has 98 valence electrons. The van der Waals surface area contributed by atoms with Gasteiger partial charge in [-0.15, -0.1) is 0 Å². The Bertz CT molecular complexity index is 102. The molecule has 0 saturated carbocycles. The summed E-state index contributed by atoms with van der Waals surface area (Å²) in [7, 11) is 0. The van der Waals surface area contributed by atoms with Gasteiger partial charge in [-0.05, 0) is 60.5 Å². The fraction of sp³-hybridized carbons (Fsp3) is 0. The molecular weight excluding hydrogens is 270 g/mol. The van der Waals surface area contributed by atoms with Gasteiger partial charge in [-0.1, -0.05) is 0 Å². The Labute approximate surface area is 119 Å². The summed E-state index contributed by atoms with van der Waals surface area (Å²) in [5.41, 5.74) is 0. The Balaban J connectivity index is -0.00000112. The zero-order chi connectivity index (χ0) is 11.9. The first-order chi connectivity index (χ1) is 7.91. The second-order valence-electron chi connectivity index (χ2n) is 0.953. The summed E-state index contributed by atoms with van der Waals surface area (Å²) in [6.07, 6.45) is 0. The molecule has 0 aromatic rings. The van der Waals surface area contributed by atoms with Crippen molar-refractivity contribution in [3.63, 3.8) is 0 Å². The van der Waals surface area contributed by atoms with Gasteiger partial charge in [0.15, 0.2) is 0 Å². The van der Waals surface area contributed by atoms with E-state index in [-0.39, 0.29) is 37.7 Å². The van der Waals surface area contributed by atoms with E-state index in [0.29, 0.717) is 0 Å². The molecule has 0 radical (unpaired) electrons. The summed E-state index contributed by atoms with van der Waals surface area (Å²) in [5, 5.41) is 63.0. The van der Waals surface area contributed by atoms with Crippen molar-refractivity contribution in [1.82, 2.24) is 0 Å². The molecular formula is Li2O16. The first-order valence-corrected chi connectivity index (χ1v) is 2.50. The van der Waals surface area contributed by atoms with Gasteiger partial charge in [0.2, 0.25) is 0 Å². The van der Waals surface area contributed by atoms with Crippen molar-refractivity contribution in [2.75, 3.05) is 0 Å². The third-order valence-corrected chi connectivity index (χ3v) is 0.361. The van der Waals surface area contributed by atoms with Crippen molar-refractivity contribution in [1.29, 1.82) is 0 Å². The van der Waals surface area contributed by atoms with Crippen LogP contribution in [-0.4, -0.2) is 0 Å². The van der Waals surface area contributed by atoms with Crippen LogP contribution >= 0.6 is 0 Å². The van der Waals surface area contributed by atoms with Gasteiger partial charge in [-0.25, -0.2) is 0 Å². The van der Waals surface area contributed by atoms with Gasteiger partial charge >= 0.3 is 37.7 Å². The summed E-state index contributed by atoms with van der Waals surface area (Å²) in [4.78, 5) is 0. The molecule has 0 spiro atoms. The Morgan fingerprint density at radius 3 is 0.667 bits per heavy atom. The van der Waals surface area contributed by atoms with Crippen molar-refractivity contribution in [2.45, 2.75) is 0 Å². The molecule has 0 heterocycles. The van der Waals surface area contributed by atoms with E-state index in [9.17, 15) is 0 Å². The zero-order valence-electron chi connectivity index (χ0n) is 8.53. The third kappa shape index (κ3) is 21.8. The van der Waals surface area contributed by atoms with Gasteiger partial charge in [0, 0.05) is 0 Å². The zero-order valence-corrected chi connectivity index (χ0v) is 8.53. The normalized spacial score (nSPS) is 9.67. The van der Waals surface area contributed by atoms with Crippen molar-refractivity contribution >= 4 is 0 Å². The Morgan fingerprint density at radius 2 is 0.500 bits per heavy atom. The maximum atomic E-state index is 9.03. The van der Waals surface area contributed by atoms with Gasteiger partial charge in [0.25, 0.3) is 0 Å². The Kier molecular flexibility index (Phi) is 29.8. The van der Waals surface area contributed by atoms with Gasteiger partial charge in [0.1, 0.15) is 0 Å². The summed E-state index contributed by atoms with van der Waals surface area (Å²) in [5.74, 6) is 0. The summed E-state index contributed by atoms with van der Waals surface area (Å²) < 4.78 is 0. The topological polar surface area (TPSA) is 175 Å². The SMILES string of the molecule is [Li+].[Li+].[O-]OOOOOOOOOOOOOO[O-]. The molecule has 0 aromatic carbocycles. The number of rotatable bonds is 13. The van der Waals surface area contributed by atoms with Crippen LogP contribution < -0.4 is 48.2 Å². The summed E-state index contributed by atoms with van der Waals surface area (Å²) >= 11 is 0. The van der Waals surface area contributed by atoms with Gasteiger partial charge in [-0.2, -0.15) is 0 Å². The molecule has 0 N–H and O–H groups in total. The second-order valence-corrected chi connectivity index (χ2v) is 0.953. The third-order valence-electron chi connectivity index (χ3n) is 0.361. The maximum Gasteiger partial charge on any atom is 1.00 e. The molecule has 0 fully saturated rings. The van der Waals surface area contributed by atoms with Gasteiger partial charge in [-0.3, -0.25) is 10.1 Å². The summed E-state index contributed by atoms with van der Waals surface area (Å²) in [6, 6.07) is 0. The van der Waals surface area contributed by atoms with E-state index in [1.807, 2.05) is 0 Å². The minimum absolute atomic E-state index is 0. The van der Waals surface area contributed by atoms with Crippen LogP contribution in [0.15, 0.2) is 0 Å². The van der Waals surface area contributed by atoms with Crippen LogP contribution in [0.4, 0.5) is 0 Å². The van der Waals surface area contributed by atoms with Gasteiger partial charge < -0.3 is 10.5 Å². The number of hydrogen-bond acceptors (Lipinski definition) is 16. The quantitative estimate of drug-likeness (QED) is 0.133. The molecule has 0 atom stereocenters. The maximum absolute atomic E-state index is 9.03. The van der Waals surface area contributed by atoms with Crippen LogP contribution in [0.1, 0.15) is 0 Å². The molecule has 0 aliphatic heterocycles. The molecule has 0 saturated heterocycles. The molecule has 18 heteroatoms. The van der Waals surface area contributed by atoms with Gasteiger partial charge in [0.05, 0.1) is 0 Å². The predicted molar refractivity (Wildman–Crippen MR) is 15.2 cm³/mol. The Hall–Kier alpha value is 0.555. The van der Waals surface area contributed by atoms with Crippen molar-refractivity contribution in [3.8, 4) is 0 Å². The van der Waals surface area contributed by atoms with E-state index in [1.54, 1.807) is 0 Å². The molecule has 0 aliphatic carbocycles. The molecule has 0 rings (SSSR count). The second kappa shape index (κ2) is 22.7. The van der Waals surface area contributed by atoms with E-state index < -0.39 is 0 Å². The average Bonchev–Trinajstić information content (AvgIpc) is 2.31. The van der Waals surface area contributed by atoms with E-state index in [0.717, 1.165) is 0 Å².